The molecule has 0 heterocycles. The lowest BCUT2D eigenvalue weighted by Crippen LogP contribution is -1.94. The summed E-state index contributed by atoms with van der Waals surface area (Å²) in [5.41, 5.74) is -0.0501. The molecule has 1 rings (SSSR count). The highest BCUT2D eigenvalue weighted by Crippen LogP contribution is 2.31. The fourth-order valence-corrected chi connectivity index (χ4v) is 1.74. The lowest BCUT2D eigenvalue weighted by molar-refractivity contribution is -0.385. The molecule has 0 saturated carbocycles. The van der Waals surface area contributed by atoms with Gasteiger partial charge in [-0.05, 0) is 6.07 Å². The van der Waals surface area contributed by atoms with Crippen molar-refractivity contribution in [2.75, 3.05) is 19.5 Å². The van der Waals surface area contributed by atoms with Gasteiger partial charge in [0.05, 0.1) is 18.6 Å². The molecule has 0 spiro atoms. The molecule has 1 aromatic carbocycles. The highest BCUT2D eigenvalue weighted by atomic mass is 32.2. The Labute approximate surface area is 91.2 Å². The van der Waals surface area contributed by atoms with Crippen LogP contribution in [0.3, 0.4) is 0 Å². The van der Waals surface area contributed by atoms with E-state index in [9.17, 15) is 10.1 Å². The SMILES string of the molecule is COc1cc(SCCO)ccc1[N+](=O)[O-]. The van der Waals surface area contributed by atoms with Gasteiger partial charge >= 0.3 is 5.69 Å². The van der Waals surface area contributed by atoms with E-state index in [4.69, 9.17) is 9.84 Å². The third kappa shape index (κ3) is 3.10. The highest BCUT2D eigenvalue weighted by molar-refractivity contribution is 7.99. The Balaban J connectivity index is 2.92. The normalized spacial score (nSPS) is 10.0. The third-order valence-electron chi connectivity index (χ3n) is 1.71. The summed E-state index contributed by atoms with van der Waals surface area (Å²) in [5.74, 6) is 0.795. The standard InChI is InChI=1S/C9H11NO4S/c1-14-9-6-7(15-5-4-11)2-3-8(9)10(12)13/h2-3,6,11H,4-5H2,1H3. The van der Waals surface area contributed by atoms with Gasteiger partial charge in [-0.15, -0.1) is 11.8 Å². The first kappa shape index (κ1) is 11.8. The molecule has 0 bridgehead atoms. The highest BCUT2D eigenvalue weighted by Gasteiger charge is 2.14. The van der Waals surface area contributed by atoms with E-state index in [1.54, 1.807) is 12.1 Å². The number of aliphatic hydroxyl groups excluding tert-OH is 1. The molecule has 15 heavy (non-hydrogen) atoms. The predicted molar refractivity (Wildman–Crippen MR) is 57.5 cm³/mol. The number of hydrogen-bond acceptors (Lipinski definition) is 5. The van der Waals surface area contributed by atoms with Crippen LogP contribution in [0.1, 0.15) is 0 Å². The van der Waals surface area contributed by atoms with Crippen molar-refractivity contribution in [3.8, 4) is 5.75 Å². The molecule has 0 radical (unpaired) electrons. The zero-order valence-electron chi connectivity index (χ0n) is 8.17. The molecule has 1 N–H and O–H groups in total. The second-order valence-electron chi connectivity index (χ2n) is 2.66. The summed E-state index contributed by atoms with van der Waals surface area (Å²) in [6.45, 7) is 0.0734. The molecule has 0 aliphatic rings. The molecule has 1 aromatic rings. The number of nitro benzene ring substituents is 1. The molecule has 0 aliphatic heterocycles. The second kappa shape index (κ2) is 5.57. The monoisotopic (exact) mass is 229 g/mol. The first-order chi connectivity index (χ1) is 7.19. The lowest BCUT2D eigenvalue weighted by atomic mass is 10.3. The van der Waals surface area contributed by atoms with Crippen molar-refractivity contribution in [3.63, 3.8) is 0 Å². The van der Waals surface area contributed by atoms with Crippen LogP contribution in [0.5, 0.6) is 5.75 Å². The van der Waals surface area contributed by atoms with Gasteiger partial charge in [0, 0.05) is 22.8 Å². The zero-order valence-corrected chi connectivity index (χ0v) is 8.99. The smallest absolute Gasteiger partial charge is 0.310 e. The van der Waals surface area contributed by atoms with E-state index in [-0.39, 0.29) is 18.0 Å². The van der Waals surface area contributed by atoms with Gasteiger partial charge < -0.3 is 9.84 Å². The maximum absolute atomic E-state index is 10.6. The summed E-state index contributed by atoms with van der Waals surface area (Å²) in [4.78, 5) is 10.9. The molecule has 0 amide bonds. The molecule has 5 nitrogen and oxygen atoms in total. The van der Waals surface area contributed by atoms with E-state index in [0.717, 1.165) is 4.90 Å². The van der Waals surface area contributed by atoms with E-state index in [1.165, 1.54) is 24.9 Å². The molecule has 0 atom stereocenters. The minimum Gasteiger partial charge on any atom is -0.490 e. The van der Waals surface area contributed by atoms with Gasteiger partial charge in [0.15, 0.2) is 5.75 Å². The number of nitrogens with zero attached hydrogens (tertiary/aromatic N) is 1. The average molecular weight is 229 g/mol. The number of methoxy groups -OCH3 is 1. The number of thioether (sulfide) groups is 1. The zero-order chi connectivity index (χ0) is 11.3. The molecule has 6 heteroatoms. The van der Waals surface area contributed by atoms with Crippen LogP contribution in [-0.2, 0) is 0 Å². The Kier molecular flexibility index (Phi) is 4.38. The Morgan fingerprint density at radius 3 is 2.87 bits per heavy atom. The molecular formula is C9H11NO4S. The fourth-order valence-electron chi connectivity index (χ4n) is 1.06. The minimum absolute atomic E-state index is 0.0501. The van der Waals surface area contributed by atoms with E-state index >= 15 is 0 Å². The number of aliphatic hydroxyl groups is 1. The maximum atomic E-state index is 10.6. The number of benzene rings is 1. The van der Waals surface area contributed by atoms with Gasteiger partial charge in [0.2, 0.25) is 0 Å². The summed E-state index contributed by atoms with van der Waals surface area (Å²) in [7, 11) is 1.39. The molecule has 0 saturated heterocycles. The minimum atomic E-state index is -0.487. The van der Waals surface area contributed by atoms with Crippen LogP contribution in [0.25, 0.3) is 0 Å². The van der Waals surface area contributed by atoms with Gasteiger partial charge in [0.1, 0.15) is 0 Å². The van der Waals surface area contributed by atoms with Gasteiger partial charge in [-0.2, -0.15) is 0 Å². The first-order valence-electron chi connectivity index (χ1n) is 4.25. The quantitative estimate of drug-likeness (QED) is 0.472. The molecule has 82 valence electrons. The van der Waals surface area contributed by atoms with Crippen LogP contribution >= 0.6 is 11.8 Å². The predicted octanol–water partition coefficient (Wildman–Crippen LogP) is 1.69. The van der Waals surface area contributed by atoms with Gasteiger partial charge in [-0.3, -0.25) is 10.1 Å². The summed E-state index contributed by atoms with van der Waals surface area (Å²) >= 11 is 1.42. The second-order valence-corrected chi connectivity index (χ2v) is 3.83. The number of rotatable bonds is 5. The van der Waals surface area contributed by atoms with Crippen molar-refractivity contribution in [1.82, 2.24) is 0 Å². The fraction of sp³-hybridized carbons (Fsp3) is 0.333. The molecule has 0 aromatic heterocycles. The van der Waals surface area contributed by atoms with E-state index in [0.29, 0.717) is 5.75 Å². The Hall–Kier alpha value is -1.27. The first-order valence-corrected chi connectivity index (χ1v) is 5.23. The summed E-state index contributed by atoms with van der Waals surface area (Å²) in [6.07, 6.45) is 0. The Morgan fingerprint density at radius 2 is 2.33 bits per heavy atom. The van der Waals surface area contributed by atoms with Crippen molar-refractivity contribution in [2.24, 2.45) is 0 Å². The largest absolute Gasteiger partial charge is 0.490 e. The molecular weight excluding hydrogens is 218 g/mol. The van der Waals surface area contributed by atoms with Crippen molar-refractivity contribution < 1.29 is 14.8 Å². The van der Waals surface area contributed by atoms with Crippen molar-refractivity contribution in [2.45, 2.75) is 4.90 Å². The summed E-state index contributed by atoms with van der Waals surface area (Å²) in [5, 5.41) is 19.2. The Bertz CT molecular complexity index is 356. The number of ether oxygens (including phenoxy) is 1. The van der Waals surface area contributed by atoms with Crippen LogP contribution in [0.2, 0.25) is 0 Å². The van der Waals surface area contributed by atoms with E-state index in [2.05, 4.69) is 0 Å². The van der Waals surface area contributed by atoms with Crippen molar-refractivity contribution in [1.29, 1.82) is 0 Å². The van der Waals surface area contributed by atoms with Crippen LogP contribution in [-0.4, -0.2) is 29.5 Å². The third-order valence-corrected chi connectivity index (χ3v) is 2.68. The van der Waals surface area contributed by atoms with Crippen molar-refractivity contribution in [3.05, 3.63) is 28.3 Å². The van der Waals surface area contributed by atoms with Crippen LogP contribution in [0.4, 0.5) is 5.69 Å². The maximum Gasteiger partial charge on any atom is 0.310 e. The molecule has 0 aliphatic carbocycles. The van der Waals surface area contributed by atoms with Crippen molar-refractivity contribution >= 4 is 17.4 Å². The molecule has 0 fully saturated rings. The average Bonchev–Trinajstić information content (AvgIpc) is 2.25. The van der Waals surface area contributed by atoms with E-state index in [1.807, 2.05) is 0 Å². The number of nitro groups is 1. The Morgan fingerprint density at radius 1 is 1.60 bits per heavy atom. The van der Waals surface area contributed by atoms with Gasteiger partial charge in [-0.25, -0.2) is 0 Å². The number of hydrogen-bond donors (Lipinski definition) is 1. The summed E-state index contributed by atoms with van der Waals surface area (Å²) in [6, 6.07) is 4.64. The van der Waals surface area contributed by atoms with Crippen LogP contribution in [0.15, 0.2) is 23.1 Å². The van der Waals surface area contributed by atoms with Gasteiger partial charge in [0.25, 0.3) is 0 Å². The van der Waals surface area contributed by atoms with Gasteiger partial charge in [-0.1, -0.05) is 0 Å². The van der Waals surface area contributed by atoms with E-state index < -0.39 is 4.92 Å². The summed E-state index contributed by atoms with van der Waals surface area (Å²) < 4.78 is 4.91. The van der Waals surface area contributed by atoms with Crippen LogP contribution in [0, 0.1) is 10.1 Å². The lowest BCUT2D eigenvalue weighted by Gasteiger charge is -2.04. The molecule has 0 unspecified atom stereocenters. The van der Waals surface area contributed by atoms with Crippen LogP contribution < -0.4 is 4.74 Å². The topological polar surface area (TPSA) is 72.6 Å².